The molecule has 104 valence electrons. The summed E-state index contributed by atoms with van der Waals surface area (Å²) in [5.74, 6) is 0.928. The molecule has 0 heterocycles. The van der Waals surface area contributed by atoms with Crippen LogP contribution < -0.4 is 4.74 Å². The molecule has 0 aromatic heterocycles. The third-order valence-electron chi connectivity index (χ3n) is 3.40. The fraction of sp³-hybridized carbons (Fsp3) is 0.529. The van der Waals surface area contributed by atoms with E-state index in [4.69, 9.17) is 16.3 Å². The zero-order valence-corrected chi connectivity index (χ0v) is 13.0. The van der Waals surface area contributed by atoms with Crippen LogP contribution >= 0.6 is 11.6 Å². The second-order valence-electron chi connectivity index (χ2n) is 6.44. The molecule has 1 aromatic rings. The summed E-state index contributed by atoms with van der Waals surface area (Å²) in [4.78, 5) is 0. The fourth-order valence-electron chi connectivity index (χ4n) is 2.67. The Hall–Kier alpha value is -0.950. The Kier molecular flexibility index (Phi) is 4.25. The zero-order valence-electron chi connectivity index (χ0n) is 12.2. The van der Waals surface area contributed by atoms with Gasteiger partial charge in [0.15, 0.2) is 0 Å². The summed E-state index contributed by atoms with van der Waals surface area (Å²) in [6, 6.07) is 8.35. The minimum atomic E-state index is 0.144. The minimum Gasteiger partial charge on any atom is -0.491 e. The van der Waals surface area contributed by atoms with Crippen LogP contribution in [0.5, 0.6) is 5.75 Å². The maximum atomic E-state index is 6.34. The highest BCUT2D eigenvalue weighted by Gasteiger charge is 2.28. The molecule has 1 aromatic carbocycles. The number of alkyl halides is 1. The SMILES string of the molecule is CC(C)Oc1ccc(C2=CC(Cl)CC(C)(C)C2)cc1. The second-order valence-corrected chi connectivity index (χ2v) is 7.00. The zero-order chi connectivity index (χ0) is 14.0. The Bertz CT molecular complexity index is 457. The molecule has 19 heavy (non-hydrogen) atoms. The van der Waals surface area contributed by atoms with Gasteiger partial charge in [0.25, 0.3) is 0 Å². The first-order valence-corrected chi connectivity index (χ1v) is 7.41. The van der Waals surface area contributed by atoms with Crippen LogP contribution in [-0.2, 0) is 0 Å². The summed E-state index contributed by atoms with van der Waals surface area (Å²) < 4.78 is 5.67. The highest BCUT2D eigenvalue weighted by atomic mass is 35.5. The Labute approximate surface area is 121 Å². The van der Waals surface area contributed by atoms with Crippen molar-refractivity contribution in [1.29, 1.82) is 0 Å². The molecule has 0 saturated carbocycles. The van der Waals surface area contributed by atoms with Crippen molar-refractivity contribution in [2.24, 2.45) is 5.41 Å². The summed E-state index contributed by atoms with van der Waals surface area (Å²) in [7, 11) is 0. The molecule has 1 aliphatic rings. The quantitative estimate of drug-likeness (QED) is 0.683. The number of hydrogen-bond acceptors (Lipinski definition) is 1. The van der Waals surface area contributed by atoms with Gasteiger partial charge in [0, 0.05) is 0 Å². The molecule has 0 radical (unpaired) electrons. The van der Waals surface area contributed by atoms with Crippen LogP contribution in [0, 0.1) is 5.41 Å². The van der Waals surface area contributed by atoms with Crippen LogP contribution in [0.1, 0.15) is 46.1 Å². The molecule has 1 nitrogen and oxygen atoms in total. The molecule has 0 spiro atoms. The first-order chi connectivity index (χ1) is 8.85. The maximum absolute atomic E-state index is 6.34. The summed E-state index contributed by atoms with van der Waals surface area (Å²) in [6.07, 6.45) is 4.55. The molecule has 1 atom stereocenters. The summed E-state index contributed by atoms with van der Waals surface area (Å²) in [6.45, 7) is 8.65. The van der Waals surface area contributed by atoms with Crippen molar-refractivity contribution in [1.82, 2.24) is 0 Å². The van der Waals surface area contributed by atoms with E-state index in [2.05, 4.69) is 32.1 Å². The molecule has 2 rings (SSSR count). The van der Waals surface area contributed by atoms with Crippen molar-refractivity contribution in [3.8, 4) is 5.75 Å². The number of hydrogen-bond donors (Lipinski definition) is 0. The molecule has 0 N–H and O–H groups in total. The van der Waals surface area contributed by atoms with Crippen LogP contribution in [0.3, 0.4) is 0 Å². The van der Waals surface area contributed by atoms with Crippen LogP contribution in [0.4, 0.5) is 0 Å². The number of rotatable bonds is 3. The summed E-state index contributed by atoms with van der Waals surface area (Å²) in [5, 5.41) is 0.144. The van der Waals surface area contributed by atoms with Crippen molar-refractivity contribution in [2.75, 3.05) is 0 Å². The normalized spacial score (nSPS) is 22.2. The molecular formula is C17H23ClO. The lowest BCUT2D eigenvalue weighted by atomic mass is 9.75. The third-order valence-corrected chi connectivity index (χ3v) is 3.68. The molecule has 0 bridgehead atoms. The summed E-state index contributed by atoms with van der Waals surface area (Å²) in [5.41, 5.74) is 2.89. The van der Waals surface area contributed by atoms with E-state index in [0.29, 0.717) is 0 Å². The van der Waals surface area contributed by atoms with E-state index in [1.54, 1.807) is 0 Å². The number of halogens is 1. The molecule has 0 amide bonds. The standard InChI is InChI=1S/C17H23ClO/c1-12(2)19-16-7-5-13(6-8-16)14-9-15(18)11-17(3,4)10-14/h5-9,12,15H,10-11H2,1-4H3. The van der Waals surface area contributed by atoms with Gasteiger partial charge >= 0.3 is 0 Å². The van der Waals surface area contributed by atoms with Gasteiger partial charge in [-0.3, -0.25) is 0 Å². The average Bonchev–Trinajstić information content (AvgIpc) is 2.26. The Morgan fingerprint density at radius 1 is 1.21 bits per heavy atom. The van der Waals surface area contributed by atoms with Crippen molar-refractivity contribution < 1.29 is 4.74 Å². The highest BCUT2D eigenvalue weighted by molar-refractivity contribution is 6.22. The van der Waals surface area contributed by atoms with E-state index in [1.807, 2.05) is 26.0 Å². The summed E-state index contributed by atoms with van der Waals surface area (Å²) >= 11 is 6.34. The van der Waals surface area contributed by atoms with Crippen LogP contribution in [0.25, 0.3) is 5.57 Å². The highest BCUT2D eigenvalue weighted by Crippen LogP contribution is 2.41. The molecule has 0 aliphatic heterocycles. The smallest absolute Gasteiger partial charge is 0.119 e. The molecule has 2 heteroatoms. The van der Waals surface area contributed by atoms with Crippen molar-refractivity contribution in [2.45, 2.75) is 52.0 Å². The Morgan fingerprint density at radius 2 is 1.84 bits per heavy atom. The topological polar surface area (TPSA) is 9.23 Å². The van der Waals surface area contributed by atoms with Gasteiger partial charge < -0.3 is 4.74 Å². The first-order valence-electron chi connectivity index (χ1n) is 6.98. The molecule has 1 aliphatic carbocycles. The predicted molar refractivity (Wildman–Crippen MR) is 82.8 cm³/mol. The van der Waals surface area contributed by atoms with Crippen LogP contribution in [0.15, 0.2) is 30.3 Å². The lowest BCUT2D eigenvalue weighted by molar-refractivity contribution is 0.242. The maximum Gasteiger partial charge on any atom is 0.119 e. The van der Waals surface area contributed by atoms with E-state index >= 15 is 0 Å². The van der Waals surface area contributed by atoms with Gasteiger partial charge in [-0.25, -0.2) is 0 Å². The first kappa shape index (κ1) is 14.5. The van der Waals surface area contributed by atoms with Gasteiger partial charge in [-0.15, -0.1) is 11.6 Å². The van der Waals surface area contributed by atoms with E-state index in [-0.39, 0.29) is 16.9 Å². The van der Waals surface area contributed by atoms with E-state index in [0.717, 1.165) is 18.6 Å². The monoisotopic (exact) mass is 278 g/mol. The largest absolute Gasteiger partial charge is 0.491 e. The van der Waals surface area contributed by atoms with Gasteiger partial charge in [0.05, 0.1) is 11.5 Å². The van der Waals surface area contributed by atoms with Gasteiger partial charge in [-0.2, -0.15) is 0 Å². The van der Waals surface area contributed by atoms with Gasteiger partial charge in [-0.05, 0) is 55.4 Å². The molecule has 0 fully saturated rings. The molecule has 0 saturated heterocycles. The van der Waals surface area contributed by atoms with Crippen molar-refractivity contribution in [3.05, 3.63) is 35.9 Å². The van der Waals surface area contributed by atoms with E-state index < -0.39 is 0 Å². The van der Waals surface area contributed by atoms with Gasteiger partial charge in [-0.1, -0.05) is 32.1 Å². The number of ether oxygens (including phenoxy) is 1. The fourth-order valence-corrected chi connectivity index (χ4v) is 3.24. The predicted octanol–water partition coefficient (Wildman–Crippen LogP) is 5.28. The molecule has 1 unspecified atom stereocenters. The van der Waals surface area contributed by atoms with Crippen LogP contribution in [0.2, 0.25) is 0 Å². The van der Waals surface area contributed by atoms with Crippen LogP contribution in [-0.4, -0.2) is 11.5 Å². The van der Waals surface area contributed by atoms with Crippen molar-refractivity contribution >= 4 is 17.2 Å². The average molecular weight is 279 g/mol. The third kappa shape index (κ3) is 4.01. The van der Waals surface area contributed by atoms with Gasteiger partial charge in [0.1, 0.15) is 5.75 Å². The van der Waals surface area contributed by atoms with E-state index in [9.17, 15) is 0 Å². The lowest BCUT2D eigenvalue weighted by Crippen LogP contribution is -2.21. The second kappa shape index (κ2) is 5.58. The minimum absolute atomic E-state index is 0.144. The Balaban J connectivity index is 2.18. The molecular weight excluding hydrogens is 256 g/mol. The lowest BCUT2D eigenvalue weighted by Gasteiger charge is -2.32. The van der Waals surface area contributed by atoms with Gasteiger partial charge in [0.2, 0.25) is 0 Å². The number of benzene rings is 1. The van der Waals surface area contributed by atoms with Crippen molar-refractivity contribution in [3.63, 3.8) is 0 Å². The van der Waals surface area contributed by atoms with E-state index in [1.165, 1.54) is 11.1 Å². The Morgan fingerprint density at radius 3 is 2.37 bits per heavy atom. The number of allylic oxidation sites excluding steroid dienone is 2.